The molecule has 5 unspecified atom stereocenters. The first kappa shape index (κ1) is 18.9. The third-order valence-corrected chi connectivity index (χ3v) is 4.19. The van der Waals surface area contributed by atoms with Gasteiger partial charge in [0.25, 0.3) is 0 Å². The smallest absolute Gasteiger partial charge is 0.302 e. The van der Waals surface area contributed by atoms with Gasteiger partial charge >= 0.3 is 5.97 Å². The normalized spacial score (nSPS) is 31.6. The number of unbranched alkanes of at least 4 members (excludes halogenated alkanes) is 1. The van der Waals surface area contributed by atoms with E-state index in [1.54, 1.807) is 0 Å². The highest BCUT2D eigenvalue weighted by Gasteiger charge is 2.42. The van der Waals surface area contributed by atoms with E-state index < -0.39 is 6.29 Å². The van der Waals surface area contributed by atoms with Crippen LogP contribution in [0.25, 0.3) is 0 Å². The highest BCUT2D eigenvalue weighted by molar-refractivity contribution is 5.73. The van der Waals surface area contributed by atoms with E-state index in [1.165, 1.54) is 13.8 Å². The van der Waals surface area contributed by atoms with Gasteiger partial charge in [0.05, 0.1) is 12.1 Å². The first-order valence-electron chi connectivity index (χ1n) is 8.04. The molecule has 0 aromatic rings. The average molecular weight is 315 g/mol. The van der Waals surface area contributed by atoms with E-state index >= 15 is 0 Å². The summed E-state index contributed by atoms with van der Waals surface area (Å²) in [5.41, 5.74) is 0. The lowest BCUT2D eigenvalue weighted by molar-refractivity contribution is -0.244. The Morgan fingerprint density at radius 1 is 1.18 bits per heavy atom. The van der Waals surface area contributed by atoms with Gasteiger partial charge < -0.3 is 19.5 Å². The summed E-state index contributed by atoms with van der Waals surface area (Å²) in [6.45, 7) is 9.85. The van der Waals surface area contributed by atoms with Crippen molar-refractivity contribution in [2.75, 3.05) is 13.2 Å². The SMILES string of the molecule is CCCCOC1OC(COC(C)=O)C(C)C(C)C1NC(C)=O. The number of nitrogens with one attached hydrogen (secondary N) is 1. The Hall–Kier alpha value is -1.14. The molecule has 128 valence electrons. The molecule has 1 N–H and O–H groups in total. The van der Waals surface area contributed by atoms with Crippen LogP contribution in [0.1, 0.15) is 47.5 Å². The zero-order valence-electron chi connectivity index (χ0n) is 14.3. The molecule has 6 heteroatoms. The molecule has 5 atom stereocenters. The fourth-order valence-corrected chi connectivity index (χ4v) is 2.61. The van der Waals surface area contributed by atoms with Gasteiger partial charge in [0.2, 0.25) is 5.91 Å². The predicted octanol–water partition coefficient (Wildman–Crippen LogP) is 1.87. The maximum absolute atomic E-state index is 11.4. The van der Waals surface area contributed by atoms with E-state index in [1.807, 2.05) is 6.92 Å². The topological polar surface area (TPSA) is 73.9 Å². The monoisotopic (exact) mass is 315 g/mol. The standard InChI is InChI=1S/C16H29NO5/c1-6-7-8-20-16-15(17-12(4)18)11(3)10(2)14(22-16)9-21-13(5)19/h10-11,14-16H,6-9H2,1-5H3,(H,17,18). The molecule has 1 aliphatic rings. The van der Waals surface area contributed by atoms with Crippen LogP contribution in [0.5, 0.6) is 0 Å². The number of rotatable bonds is 7. The van der Waals surface area contributed by atoms with Crippen LogP contribution in [0, 0.1) is 11.8 Å². The number of hydrogen-bond donors (Lipinski definition) is 1. The van der Waals surface area contributed by atoms with Gasteiger partial charge in [-0.2, -0.15) is 0 Å². The van der Waals surface area contributed by atoms with Crippen LogP contribution < -0.4 is 5.32 Å². The van der Waals surface area contributed by atoms with E-state index in [9.17, 15) is 9.59 Å². The van der Waals surface area contributed by atoms with Gasteiger partial charge in [-0.25, -0.2) is 0 Å². The molecule has 1 fully saturated rings. The van der Waals surface area contributed by atoms with Gasteiger partial charge in [-0.1, -0.05) is 27.2 Å². The van der Waals surface area contributed by atoms with Crippen molar-refractivity contribution in [3.8, 4) is 0 Å². The average Bonchev–Trinajstić information content (AvgIpc) is 2.44. The molecule has 1 saturated heterocycles. The maximum Gasteiger partial charge on any atom is 0.302 e. The second kappa shape index (κ2) is 9.10. The maximum atomic E-state index is 11.4. The van der Waals surface area contributed by atoms with Crippen molar-refractivity contribution in [2.45, 2.75) is 65.9 Å². The lowest BCUT2D eigenvalue weighted by Crippen LogP contribution is -2.58. The minimum absolute atomic E-state index is 0.102. The van der Waals surface area contributed by atoms with Crippen molar-refractivity contribution in [3.63, 3.8) is 0 Å². The number of hydrogen-bond acceptors (Lipinski definition) is 5. The Morgan fingerprint density at radius 3 is 2.41 bits per heavy atom. The number of esters is 1. The minimum Gasteiger partial charge on any atom is -0.463 e. The zero-order chi connectivity index (χ0) is 16.7. The fourth-order valence-electron chi connectivity index (χ4n) is 2.61. The largest absolute Gasteiger partial charge is 0.463 e. The summed E-state index contributed by atoms with van der Waals surface area (Å²) in [6, 6.07) is -0.196. The Bertz CT molecular complexity index is 372. The second-order valence-corrected chi connectivity index (χ2v) is 6.01. The van der Waals surface area contributed by atoms with E-state index in [-0.39, 0.29) is 42.5 Å². The zero-order valence-corrected chi connectivity index (χ0v) is 14.3. The summed E-state index contributed by atoms with van der Waals surface area (Å²) in [7, 11) is 0. The molecule has 0 aromatic heterocycles. The number of ether oxygens (including phenoxy) is 3. The van der Waals surface area contributed by atoms with Crippen molar-refractivity contribution in [3.05, 3.63) is 0 Å². The van der Waals surface area contributed by atoms with Crippen molar-refractivity contribution in [1.82, 2.24) is 5.32 Å². The molecule has 0 aromatic carbocycles. The van der Waals surface area contributed by atoms with Crippen LogP contribution in [0.15, 0.2) is 0 Å². The van der Waals surface area contributed by atoms with Gasteiger partial charge in [0.15, 0.2) is 6.29 Å². The molecule has 0 radical (unpaired) electrons. The molecule has 0 aliphatic carbocycles. The fraction of sp³-hybridized carbons (Fsp3) is 0.875. The van der Waals surface area contributed by atoms with Gasteiger partial charge in [0, 0.05) is 20.5 Å². The molecular formula is C16H29NO5. The first-order valence-corrected chi connectivity index (χ1v) is 8.04. The highest BCUT2D eigenvalue weighted by Crippen LogP contribution is 2.31. The Morgan fingerprint density at radius 2 is 1.86 bits per heavy atom. The third-order valence-electron chi connectivity index (χ3n) is 4.19. The molecule has 1 heterocycles. The van der Waals surface area contributed by atoms with E-state index in [0.29, 0.717) is 6.61 Å². The number of carbonyl (C=O) groups excluding carboxylic acids is 2. The van der Waals surface area contributed by atoms with E-state index in [2.05, 4.69) is 19.2 Å². The van der Waals surface area contributed by atoms with Crippen LogP contribution in [-0.4, -0.2) is 43.5 Å². The van der Waals surface area contributed by atoms with Crippen LogP contribution in [-0.2, 0) is 23.8 Å². The third kappa shape index (κ3) is 5.57. The van der Waals surface area contributed by atoms with Crippen LogP contribution in [0.4, 0.5) is 0 Å². The summed E-state index contributed by atoms with van der Waals surface area (Å²) >= 11 is 0. The molecule has 0 spiro atoms. The Labute approximate surface area is 132 Å². The minimum atomic E-state index is -0.512. The van der Waals surface area contributed by atoms with Crippen molar-refractivity contribution in [2.24, 2.45) is 11.8 Å². The first-order chi connectivity index (χ1) is 10.4. The van der Waals surface area contributed by atoms with E-state index in [0.717, 1.165) is 12.8 Å². The number of carbonyl (C=O) groups is 2. The predicted molar refractivity (Wildman–Crippen MR) is 82.1 cm³/mol. The van der Waals surface area contributed by atoms with Gasteiger partial charge in [-0.15, -0.1) is 0 Å². The second-order valence-electron chi connectivity index (χ2n) is 6.01. The van der Waals surface area contributed by atoms with Gasteiger partial charge in [-0.3, -0.25) is 9.59 Å². The number of amides is 1. The van der Waals surface area contributed by atoms with Crippen LogP contribution in [0.2, 0.25) is 0 Å². The van der Waals surface area contributed by atoms with Gasteiger partial charge in [0.1, 0.15) is 6.61 Å². The lowest BCUT2D eigenvalue weighted by atomic mass is 9.82. The van der Waals surface area contributed by atoms with E-state index in [4.69, 9.17) is 14.2 Å². The Kier molecular flexibility index (Phi) is 7.82. The molecule has 0 bridgehead atoms. The highest BCUT2D eigenvalue weighted by atomic mass is 16.7. The summed E-state index contributed by atoms with van der Waals surface area (Å²) in [5, 5.41) is 2.93. The quantitative estimate of drug-likeness (QED) is 0.573. The lowest BCUT2D eigenvalue weighted by Gasteiger charge is -2.44. The Balaban J connectivity index is 2.75. The molecule has 0 saturated carbocycles. The summed E-state index contributed by atoms with van der Waals surface area (Å²) in [6.07, 6.45) is 1.23. The van der Waals surface area contributed by atoms with Gasteiger partial charge in [-0.05, 0) is 18.3 Å². The van der Waals surface area contributed by atoms with Crippen molar-refractivity contribution >= 4 is 11.9 Å². The molecule has 1 rings (SSSR count). The summed E-state index contributed by atoms with van der Waals surface area (Å²) in [5.74, 6) is -0.127. The molecular weight excluding hydrogens is 286 g/mol. The van der Waals surface area contributed by atoms with Crippen LogP contribution in [0.3, 0.4) is 0 Å². The molecule has 1 amide bonds. The van der Waals surface area contributed by atoms with Crippen molar-refractivity contribution < 1.29 is 23.8 Å². The molecule has 1 aliphatic heterocycles. The molecule has 6 nitrogen and oxygen atoms in total. The van der Waals surface area contributed by atoms with Crippen LogP contribution >= 0.6 is 0 Å². The summed E-state index contributed by atoms with van der Waals surface area (Å²) in [4.78, 5) is 22.5. The molecule has 22 heavy (non-hydrogen) atoms. The summed E-state index contributed by atoms with van der Waals surface area (Å²) < 4.78 is 16.9. The van der Waals surface area contributed by atoms with Crippen molar-refractivity contribution in [1.29, 1.82) is 0 Å².